The molecule has 0 spiro atoms. The molecule has 5 atom stereocenters. The number of amides is 3. The fourth-order valence-corrected chi connectivity index (χ4v) is 7.51. The third-order valence-corrected chi connectivity index (χ3v) is 9.81. The normalized spacial score (nSPS) is 28.1. The summed E-state index contributed by atoms with van der Waals surface area (Å²) in [7, 11) is 0. The third-order valence-electron chi connectivity index (χ3n) is 9.81. The highest BCUT2D eigenvalue weighted by Gasteiger charge is 2.40. The van der Waals surface area contributed by atoms with Crippen LogP contribution in [0.5, 0.6) is 0 Å². The molecule has 2 N–H and O–H groups in total. The number of nitrogens with zero attached hydrogens (tertiary/aromatic N) is 2. The van der Waals surface area contributed by atoms with E-state index in [1.165, 1.54) is 0 Å². The fraction of sp³-hybridized carbons (Fsp3) is 0.714. The van der Waals surface area contributed by atoms with Crippen LogP contribution in [0.1, 0.15) is 110 Å². The van der Waals surface area contributed by atoms with Gasteiger partial charge in [0.15, 0.2) is 0 Å². The smallest absolute Gasteiger partial charge is 0.306 e. The van der Waals surface area contributed by atoms with E-state index in [0.717, 1.165) is 56.9 Å². The van der Waals surface area contributed by atoms with E-state index < -0.39 is 12.0 Å². The largest absolute Gasteiger partial charge is 0.481 e. The standard InChI is InChI=1S/C35H53N3O5/c1-35(2,3)36-32(40)28-16-11-20-37(33(41)30-17-18-31(39)38(30)24-25-12-7-6-8-13-25)21-19-27(22-28)26-14-9-4-5-10-15-29(23-26)34(42)43/h6-8,12-13,26-30H,4-5,9-11,14-24H2,1-3H3,(H,36,40)(H,42,43). The lowest BCUT2D eigenvalue weighted by Crippen LogP contribution is -2.47. The van der Waals surface area contributed by atoms with Gasteiger partial charge in [-0.1, -0.05) is 62.4 Å². The minimum Gasteiger partial charge on any atom is -0.481 e. The first-order valence-electron chi connectivity index (χ1n) is 16.7. The molecule has 0 aromatic heterocycles. The highest BCUT2D eigenvalue weighted by Crippen LogP contribution is 2.38. The Morgan fingerprint density at radius 2 is 1.49 bits per heavy atom. The second-order valence-electron chi connectivity index (χ2n) is 14.3. The molecule has 2 heterocycles. The first-order chi connectivity index (χ1) is 20.5. The molecule has 238 valence electrons. The Kier molecular flexibility index (Phi) is 11.7. The van der Waals surface area contributed by atoms with E-state index >= 15 is 0 Å². The molecule has 2 aliphatic heterocycles. The van der Waals surface area contributed by atoms with Crippen molar-refractivity contribution < 1.29 is 24.3 Å². The predicted molar refractivity (Wildman–Crippen MR) is 167 cm³/mol. The number of rotatable bonds is 6. The van der Waals surface area contributed by atoms with Crippen LogP contribution in [0.15, 0.2) is 30.3 Å². The van der Waals surface area contributed by atoms with Crippen LogP contribution < -0.4 is 5.32 Å². The number of benzene rings is 1. The van der Waals surface area contributed by atoms with Crippen LogP contribution in [0.3, 0.4) is 0 Å². The van der Waals surface area contributed by atoms with E-state index in [2.05, 4.69) is 5.32 Å². The highest BCUT2D eigenvalue weighted by molar-refractivity contribution is 5.91. The molecule has 1 saturated carbocycles. The minimum absolute atomic E-state index is 0.0102. The Balaban J connectivity index is 1.55. The number of hydrogen-bond donors (Lipinski definition) is 2. The van der Waals surface area contributed by atoms with Crippen molar-refractivity contribution in [1.29, 1.82) is 0 Å². The van der Waals surface area contributed by atoms with Gasteiger partial charge in [0.25, 0.3) is 0 Å². The van der Waals surface area contributed by atoms with E-state index in [4.69, 9.17) is 0 Å². The molecule has 1 aromatic rings. The molecule has 1 aliphatic carbocycles. The summed E-state index contributed by atoms with van der Waals surface area (Å²) in [5.41, 5.74) is 0.678. The van der Waals surface area contributed by atoms with Gasteiger partial charge in [-0.15, -0.1) is 0 Å². The summed E-state index contributed by atoms with van der Waals surface area (Å²) >= 11 is 0. The van der Waals surface area contributed by atoms with Crippen LogP contribution in [0.4, 0.5) is 0 Å². The number of likely N-dealkylation sites (tertiary alicyclic amines) is 1. The quantitative estimate of drug-likeness (QED) is 0.433. The van der Waals surface area contributed by atoms with E-state index in [-0.39, 0.29) is 46.9 Å². The van der Waals surface area contributed by atoms with E-state index in [0.29, 0.717) is 51.7 Å². The average Bonchev–Trinajstić information content (AvgIpc) is 3.40. The summed E-state index contributed by atoms with van der Waals surface area (Å²) in [6.07, 6.45) is 10.3. The zero-order valence-corrected chi connectivity index (χ0v) is 26.6. The first kappa shape index (κ1) is 33.0. The number of carbonyl (C=O) groups is 4. The van der Waals surface area contributed by atoms with Crippen LogP contribution in [0, 0.1) is 23.7 Å². The topological polar surface area (TPSA) is 107 Å². The molecule has 8 nitrogen and oxygen atoms in total. The average molecular weight is 596 g/mol. The fourth-order valence-electron chi connectivity index (χ4n) is 7.51. The monoisotopic (exact) mass is 595 g/mol. The second-order valence-corrected chi connectivity index (χ2v) is 14.3. The summed E-state index contributed by atoms with van der Waals surface area (Å²) in [6, 6.07) is 9.36. The van der Waals surface area contributed by atoms with Gasteiger partial charge in [0.2, 0.25) is 17.7 Å². The Hall–Kier alpha value is -2.90. The molecule has 2 saturated heterocycles. The van der Waals surface area contributed by atoms with Crippen molar-refractivity contribution in [2.24, 2.45) is 23.7 Å². The van der Waals surface area contributed by atoms with Crippen molar-refractivity contribution in [3.8, 4) is 0 Å². The van der Waals surface area contributed by atoms with Crippen LogP contribution in [0.25, 0.3) is 0 Å². The maximum Gasteiger partial charge on any atom is 0.306 e. The summed E-state index contributed by atoms with van der Waals surface area (Å²) in [5, 5.41) is 13.2. The van der Waals surface area contributed by atoms with Gasteiger partial charge < -0.3 is 20.2 Å². The SMILES string of the molecule is CC(C)(C)NC(=O)C1CCCN(C(=O)C2CCC(=O)N2Cc2ccccc2)CCC(C2CCCCCCC(C(=O)O)C2)C1. The zero-order valence-electron chi connectivity index (χ0n) is 26.6. The van der Waals surface area contributed by atoms with Crippen molar-refractivity contribution in [3.63, 3.8) is 0 Å². The summed E-state index contributed by atoms with van der Waals surface area (Å²) < 4.78 is 0. The van der Waals surface area contributed by atoms with Crippen LogP contribution in [0.2, 0.25) is 0 Å². The minimum atomic E-state index is -0.710. The maximum atomic E-state index is 14.1. The highest BCUT2D eigenvalue weighted by atomic mass is 16.4. The zero-order chi connectivity index (χ0) is 31.0. The second kappa shape index (κ2) is 15.2. The Bertz CT molecular complexity index is 1100. The van der Waals surface area contributed by atoms with Gasteiger partial charge in [-0.3, -0.25) is 19.2 Å². The third kappa shape index (κ3) is 9.54. The predicted octanol–water partition coefficient (Wildman–Crippen LogP) is 5.79. The Morgan fingerprint density at radius 1 is 0.837 bits per heavy atom. The number of carbonyl (C=O) groups excluding carboxylic acids is 3. The first-order valence-corrected chi connectivity index (χ1v) is 16.7. The molecule has 5 unspecified atom stereocenters. The van der Waals surface area contributed by atoms with Gasteiger partial charge >= 0.3 is 5.97 Å². The molecule has 0 bridgehead atoms. The van der Waals surface area contributed by atoms with Crippen molar-refractivity contribution >= 4 is 23.7 Å². The molecular formula is C35H53N3O5. The maximum absolute atomic E-state index is 14.1. The van der Waals surface area contributed by atoms with E-state index in [1.807, 2.05) is 56.0 Å². The molecular weight excluding hydrogens is 542 g/mol. The van der Waals surface area contributed by atoms with E-state index in [1.54, 1.807) is 4.90 Å². The van der Waals surface area contributed by atoms with Gasteiger partial charge in [0.1, 0.15) is 6.04 Å². The molecule has 43 heavy (non-hydrogen) atoms. The summed E-state index contributed by atoms with van der Waals surface area (Å²) in [6.45, 7) is 7.57. The number of aliphatic carboxylic acids is 1. The lowest BCUT2D eigenvalue weighted by molar-refractivity contribution is -0.143. The number of hydrogen-bond acceptors (Lipinski definition) is 4. The van der Waals surface area contributed by atoms with Crippen molar-refractivity contribution in [2.45, 2.75) is 122 Å². The molecule has 3 amide bonds. The van der Waals surface area contributed by atoms with Gasteiger partial charge in [-0.05, 0) is 83.1 Å². The molecule has 8 heteroatoms. The van der Waals surface area contributed by atoms with Crippen molar-refractivity contribution in [3.05, 3.63) is 35.9 Å². The van der Waals surface area contributed by atoms with Crippen LogP contribution >= 0.6 is 0 Å². The van der Waals surface area contributed by atoms with Gasteiger partial charge in [-0.25, -0.2) is 0 Å². The number of carboxylic acid groups (broad SMARTS) is 1. The molecule has 3 fully saturated rings. The lowest BCUT2D eigenvalue weighted by atomic mass is 9.74. The van der Waals surface area contributed by atoms with Crippen molar-refractivity contribution in [1.82, 2.24) is 15.1 Å². The van der Waals surface area contributed by atoms with Crippen molar-refractivity contribution in [2.75, 3.05) is 13.1 Å². The molecule has 4 rings (SSSR count). The lowest BCUT2D eigenvalue weighted by Gasteiger charge is -2.34. The number of carboxylic acids is 1. The summed E-state index contributed by atoms with van der Waals surface area (Å²) in [5.74, 6) is -0.769. The molecule has 3 aliphatic rings. The van der Waals surface area contributed by atoms with Crippen LogP contribution in [-0.2, 0) is 25.7 Å². The number of nitrogens with one attached hydrogen (secondary N) is 1. The Morgan fingerprint density at radius 3 is 2.19 bits per heavy atom. The molecule has 1 aromatic carbocycles. The molecule has 0 radical (unpaired) electrons. The van der Waals surface area contributed by atoms with E-state index in [9.17, 15) is 24.3 Å². The van der Waals surface area contributed by atoms with Gasteiger partial charge in [-0.2, -0.15) is 0 Å². The Labute approximate surface area is 258 Å². The van der Waals surface area contributed by atoms with Gasteiger partial charge in [0.05, 0.1) is 5.92 Å². The summed E-state index contributed by atoms with van der Waals surface area (Å²) in [4.78, 5) is 56.4. The van der Waals surface area contributed by atoms with Gasteiger partial charge in [0, 0.05) is 37.5 Å². The van der Waals surface area contributed by atoms with Crippen LogP contribution in [-0.4, -0.2) is 63.3 Å².